The Hall–Kier alpha value is -1.12. The number of hydrogen-bond donors (Lipinski definition) is 0. The van der Waals surface area contributed by atoms with Gasteiger partial charge >= 0.3 is 5.97 Å². The van der Waals surface area contributed by atoms with Crippen molar-refractivity contribution in [2.24, 2.45) is 5.92 Å². The molecule has 0 saturated carbocycles. The first-order chi connectivity index (χ1) is 7.28. The molecular weight excluding hydrogens is 204 g/mol. The van der Waals surface area contributed by atoms with E-state index in [4.69, 9.17) is 4.74 Å². The Morgan fingerprint density at radius 1 is 1.50 bits per heavy atom. The summed E-state index contributed by atoms with van der Waals surface area (Å²) < 4.78 is 5.26. The van der Waals surface area contributed by atoms with E-state index < -0.39 is 5.60 Å². The molecule has 0 aromatic heterocycles. The van der Waals surface area contributed by atoms with Gasteiger partial charge in [-0.1, -0.05) is 5.57 Å². The van der Waals surface area contributed by atoms with E-state index in [-0.39, 0.29) is 17.7 Å². The summed E-state index contributed by atoms with van der Waals surface area (Å²) in [6.45, 7) is 7.49. The number of rotatable bonds is 2. The van der Waals surface area contributed by atoms with Crippen LogP contribution in [-0.2, 0) is 14.3 Å². The lowest BCUT2D eigenvalue weighted by molar-refractivity contribution is -0.155. The van der Waals surface area contributed by atoms with Crippen LogP contribution in [0.4, 0.5) is 0 Å². The fourth-order valence-corrected chi connectivity index (χ4v) is 1.84. The molecule has 16 heavy (non-hydrogen) atoms. The predicted molar refractivity (Wildman–Crippen MR) is 62.0 cm³/mol. The molecule has 3 heteroatoms. The molecule has 3 nitrogen and oxygen atoms in total. The standard InChI is InChI=1S/C13H20O3/c1-9-7-11(14)6-5-10(9)8-12(15)16-13(2,3)4/h7,10H,5-6,8H2,1-4H3. The molecule has 0 aromatic rings. The summed E-state index contributed by atoms with van der Waals surface area (Å²) in [5, 5.41) is 0. The van der Waals surface area contributed by atoms with Crippen molar-refractivity contribution < 1.29 is 14.3 Å². The third-order valence-corrected chi connectivity index (χ3v) is 2.60. The highest BCUT2D eigenvalue weighted by molar-refractivity contribution is 5.91. The maximum Gasteiger partial charge on any atom is 0.306 e. The van der Waals surface area contributed by atoms with Gasteiger partial charge in [-0.2, -0.15) is 0 Å². The summed E-state index contributed by atoms with van der Waals surface area (Å²) in [4.78, 5) is 22.8. The van der Waals surface area contributed by atoms with Crippen molar-refractivity contribution in [2.45, 2.75) is 52.6 Å². The summed E-state index contributed by atoms with van der Waals surface area (Å²) in [6.07, 6.45) is 3.34. The topological polar surface area (TPSA) is 43.4 Å². The van der Waals surface area contributed by atoms with Crippen molar-refractivity contribution in [2.75, 3.05) is 0 Å². The molecule has 0 radical (unpaired) electrons. The highest BCUT2D eigenvalue weighted by Gasteiger charge is 2.24. The van der Waals surface area contributed by atoms with Crippen molar-refractivity contribution in [1.82, 2.24) is 0 Å². The lowest BCUT2D eigenvalue weighted by Gasteiger charge is -2.24. The highest BCUT2D eigenvalue weighted by Crippen LogP contribution is 2.26. The highest BCUT2D eigenvalue weighted by atomic mass is 16.6. The van der Waals surface area contributed by atoms with Gasteiger partial charge in [-0.05, 0) is 46.1 Å². The zero-order valence-electron chi connectivity index (χ0n) is 10.5. The second-order valence-electron chi connectivity index (χ2n) is 5.38. The average molecular weight is 224 g/mol. The summed E-state index contributed by atoms with van der Waals surface area (Å²) in [6, 6.07) is 0. The molecular formula is C13H20O3. The van der Waals surface area contributed by atoms with Crippen LogP contribution in [0.2, 0.25) is 0 Å². The van der Waals surface area contributed by atoms with E-state index in [1.807, 2.05) is 27.7 Å². The van der Waals surface area contributed by atoms with Gasteiger partial charge in [0.25, 0.3) is 0 Å². The molecule has 0 aliphatic heterocycles. The molecule has 0 aromatic carbocycles. The SMILES string of the molecule is CC1=CC(=O)CCC1CC(=O)OC(C)(C)C. The zero-order chi connectivity index (χ0) is 12.3. The summed E-state index contributed by atoms with van der Waals surface area (Å²) in [5.74, 6) is 0.157. The molecule has 0 saturated heterocycles. The quantitative estimate of drug-likeness (QED) is 0.677. The van der Waals surface area contributed by atoms with Gasteiger partial charge < -0.3 is 4.74 Å². The van der Waals surface area contributed by atoms with Gasteiger partial charge in [-0.15, -0.1) is 0 Å². The Bertz CT molecular complexity index is 321. The van der Waals surface area contributed by atoms with Crippen LogP contribution in [0.25, 0.3) is 0 Å². The van der Waals surface area contributed by atoms with E-state index in [0.717, 1.165) is 12.0 Å². The van der Waals surface area contributed by atoms with Gasteiger partial charge in [-0.3, -0.25) is 9.59 Å². The lowest BCUT2D eigenvalue weighted by Crippen LogP contribution is -2.26. The molecule has 0 N–H and O–H groups in total. The van der Waals surface area contributed by atoms with E-state index in [9.17, 15) is 9.59 Å². The number of carbonyl (C=O) groups excluding carboxylic acids is 2. The first-order valence-electron chi connectivity index (χ1n) is 5.71. The van der Waals surface area contributed by atoms with Gasteiger partial charge in [-0.25, -0.2) is 0 Å². The number of allylic oxidation sites excluding steroid dienone is 2. The second-order valence-corrected chi connectivity index (χ2v) is 5.38. The van der Waals surface area contributed by atoms with Crippen molar-refractivity contribution in [3.05, 3.63) is 11.6 Å². The first kappa shape index (κ1) is 12.9. The van der Waals surface area contributed by atoms with E-state index in [2.05, 4.69) is 0 Å². The van der Waals surface area contributed by atoms with Gasteiger partial charge in [0.2, 0.25) is 0 Å². The molecule has 1 rings (SSSR count). The van der Waals surface area contributed by atoms with Gasteiger partial charge in [0, 0.05) is 6.42 Å². The molecule has 0 fully saturated rings. The Kier molecular flexibility index (Phi) is 3.89. The largest absolute Gasteiger partial charge is 0.460 e. The van der Waals surface area contributed by atoms with E-state index in [0.29, 0.717) is 12.8 Å². The summed E-state index contributed by atoms with van der Waals surface area (Å²) >= 11 is 0. The molecule has 0 bridgehead atoms. The van der Waals surface area contributed by atoms with Gasteiger partial charge in [0.1, 0.15) is 5.60 Å². The molecule has 0 spiro atoms. The predicted octanol–water partition coefficient (Wildman–Crippen LogP) is 2.64. The van der Waals surface area contributed by atoms with E-state index in [1.165, 1.54) is 0 Å². The van der Waals surface area contributed by atoms with E-state index in [1.54, 1.807) is 6.08 Å². The Balaban J connectivity index is 2.52. The Labute approximate surface area is 96.9 Å². The number of ether oxygens (including phenoxy) is 1. The number of esters is 1. The molecule has 1 aliphatic carbocycles. The second kappa shape index (κ2) is 4.81. The molecule has 90 valence electrons. The third kappa shape index (κ3) is 4.17. The van der Waals surface area contributed by atoms with Crippen LogP contribution < -0.4 is 0 Å². The lowest BCUT2D eigenvalue weighted by atomic mass is 9.86. The normalized spacial score (nSPS) is 21.6. The number of ketones is 1. The first-order valence-corrected chi connectivity index (χ1v) is 5.71. The molecule has 1 unspecified atom stereocenters. The minimum atomic E-state index is -0.431. The van der Waals surface area contributed by atoms with E-state index >= 15 is 0 Å². The minimum Gasteiger partial charge on any atom is -0.460 e. The van der Waals surface area contributed by atoms with Crippen LogP contribution in [0.15, 0.2) is 11.6 Å². The summed E-state index contributed by atoms with van der Waals surface area (Å²) in [5.41, 5.74) is 0.571. The Morgan fingerprint density at radius 2 is 2.12 bits per heavy atom. The monoisotopic (exact) mass is 224 g/mol. The Morgan fingerprint density at radius 3 is 2.62 bits per heavy atom. The van der Waals surface area contributed by atoms with Crippen molar-refractivity contribution in [3.63, 3.8) is 0 Å². The molecule has 0 heterocycles. The van der Waals surface area contributed by atoms with Crippen LogP contribution in [0.3, 0.4) is 0 Å². The van der Waals surface area contributed by atoms with Gasteiger partial charge in [0.15, 0.2) is 5.78 Å². The van der Waals surface area contributed by atoms with Crippen molar-refractivity contribution >= 4 is 11.8 Å². The smallest absolute Gasteiger partial charge is 0.306 e. The summed E-state index contributed by atoms with van der Waals surface area (Å²) in [7, 11) is 0. The van der Waals surface area contributed by atoms with Crippen LogP contribution >= 0.6 is 0 Å². The maximum absolute atomic E-state index is 11.6. The van der Waals surface area contributed by atoms with Crippen LogP contribution in [0.5, 0.6) is 0 Å². The molecule has 1 aliphatic rings. The average Bonchev–Trinajstić information content (AvgIpc) is 2.06. The fraction of sp³-hybridized carbons (Fsp3) is 0.692. The minimum absolute atomic E-state index is 0.165. The van der Waals surface area contributed by atoms with Crippen LogP contribution in [-0.4, -0.2) is 17.4 Å². The van der Waals surface area contributed by atoms with Gasteiger partial charge in [0.05, 0.1) is 6.42 Å². The number of hydrogen-bond acceptors (Lipinski definition) is 3. The van der Waals surface area contributed by atoms with Crippen LogP contribution in [0, 0.1) is 5.92 Å². The van der Waals surface area contributed by atoms with Crippen molar-refractivity contribution in [3.8, 4) is 0 Å². The number of carbonyl (C=O) groups is 2. The maximum atomic E-state index is 11.6. The molecule has 1 atom stereocenters. The van der Waals surface area contributed by atoms with Crippen LogP contribution in [0.1, 0.15) is 47.0 Å². The molecule has 0 amide bonds. The fourth-order valence-electron chi connectivity index (χ4n) is 1.84. The third-order valence-electron chi connectivity index (χ3n) is 2.60. The van der Waals surface area contributed by atoms with Crippen molar-refractivity contribution in [1.29, 1.82) is 0 Å². The zero-order valence-corrected chi connectivity index (χ0v) is 10.5.